The number of hydrogen-bond acceptors (Lipinski definition) is 4. The van der Waals surface area contributed by atoms with Crippen molar-refractivity contribution in [3.05, 3.63) is 29.8 Å². The van der Waals surface area contributed by atoms with Gasteiger partial charge in [-0.15, -0.1) is 0 Å². The lowest BCUT2D eigenvalue weighted by Gasteiger charge is -2.36. The molecule has 4 heteroatoms. The van der Waals surface area contributed by atoms with Crippen LogP contribution in [0.4, 0.5) is 0 Å². The second-order valence-electron chi connectivity index (χ2n) is 7.70. The summed E-state index contributed by atoms with van der Waals surface area (Å²) in [6.07, 6.45) is 5.48. The lowest BCUT2D eigenvalue weighted by atomic mass is 9.88. The first kappa shape index (κ1) is 18.8. The third-order valence-electron chi connectivity index (χ3n) is 5.03. The van der Waals surface area contributed by atoms with E-state index in [0.29, 0.717) is 11.8 Å². The van der Waals surface area contributed by atoms with Crippen LogP contribution in [-0.4, -0.2) is 33.8 Å². The van der Waals surface area contributed by atoms with Gasteiger partial charge in [0.1, 0.15) is 5.75 Å². The van der Waals surface area contributed by atoms with E-state index < -0.39 is 0 Å². The normalized spacial score (nSPS) is 21.6. The van der Waals surface area contributed by atoms with Gasteiger partial charge in [0, 0.05) is 12.6 Å². The average Bonchev–Trinajstić information content (AvgIpc) is 2.55. The van der Waals surface area contributed by atoms with Gasteiger partial charge in [-0.25, -0.2) is 0 Å². The van der Waals surface area contributed by atoms with E-state index in [2.05, 4.69) is 11.0 Å². The molecule has 2 rings (SSSR count). The Morgan fingerprint density at radius 3 is 2.58 bits per heavy atom. The molecule has 0 aromatic heterocycles. The van der Waals surface area contributed by atoms with Crippen LogP contribution >= 0.6 is 0 Å². The van der Waals surface area contributed by atoms with Crippen molar-refractivity contribution in [3.8, 4) is 11.8 Å². The van der Waals surface area contributed by atoms with Crippen molar-refractivity contribution in [2.24, 2.45) is 5.41 Å². The zero-order valence-corrected chi connectivity index (χ0v) is 14.9. The summed E-state index contributed by atoms with van der Waals surface area (Å²) >= 11 is 0. The fourth-order valence-electron chi connectivity index (χ4n) is 3.48. The molecule has 0 amide bonds. The Bertz CT molecular complexity index is 557. The molecule has 2 N–H and O–H groups in total. The van der Waals surface area contributed by atoms with Gasteiger partial charge in [0.05, 0.1) is 17.6 Å². The van der Waals surface area contributed by atoms with Gasteiger partial charge in [-0.1, -0.05) is 12.1 Å². The standard InChI is InChI=1S/C20H30N2O2/c1-20(2,15-21)11-4-12-22(17-7-9-18(23)10-8-17)14-16-5-3-6-19(24)13-16/h3,5-6,13,17-18,23-24H,4,7-12,14H2,1-2H3. The first-order valence-electron chi connectivity index (χ1n) is 9.01. The molecule has 0 spiro atoms. The molecule has 24 heavy (non-hydrogen) atoms. The maximum absolute atomic E-state index is 9.76. The van der Waals surface area contributed by atoms with E-state index in [1.807, 2.05) is 32.0 Å². The van der Waals surface area contributed by atoms with Gasteiger partial charge < -0.3 is 10.2 Å². The number of rotatable bonds is 7. The molecule has 0 unspecified atom stereocenters. The van der Waals surface area contributed by atoms with Crippen LogP contribution in [0.3, 0.4) is 0 Å². The van der Waals surface area contributed by atoms with Crippen LogP contribution in [0.1, 0.15) is 57.9 Å². The van der Waals surface area contributed by atoms with Gasteiger partial charge in [-0.05, 0) is 76.6 Å². The van der Waals surface area contributed by atoms with Gasteiger partial charge in [-0.3, -0.25) is 4.90 Å². The van der Waals surface area contributed by atoms with Crippen molar-refractivity contribution < 1.29 is 10.2 Å². The smallest absolute Gasteiger partial charge is 0.115 e. The van der Waals surface area contributed by atoms with Crippen LogP contribution in [0.15, 0.2) is 24.3 Å². The van der Waals surface area contributed by atoms with Crippen LogP contribution < -0.4 is 0 Å². The molecule has 0 heterocycles. The summed E-state index contributed by atoms with van der Waals surface area (Å²) in [7, 11) is 0. The molecule has 1 saturated carbocycles. The van der Waals surface area contributed by atoms with Gasteiger partial charge in [0.2, 0.25) is 0 Å². The summed E-state index contributed by atoms with van der Waals surface area (Å²) < 4.78 is 0. The molecule has 0 saturated heterocycles. The summed E-state index contributed by atoms with van der Waals surface area (Å²) in [6.45, 7) is 5.73. The number of phenols is 1. The molecule has 0 aliphatic heterocycles. The lowest BCUT2D eigenvalue weighted by Crippen LogP contribution is -2.39. The molecular weight excluding hydrogens is 300 g/mol. The quantitative estimate of drug-likeness (QED) is 0.797. The van der Waals surface area contributed by atoms with Crippen LogP contribution in [-0.2, 0) is 6.54 Å². The Morgan fingerprint density at radius 2 is 1.96 bits per heavy atom. The summed E-state index contributed by atoms with van der Waals surface area (Å²) in [5.41, 5.74) is 0.833. The molecule has 1 aromatic carbocycles. The second-order valence-corrected chi connectivity index (χ2v) is 7.70. The van der Waals surface area contributed by atoms with Crippen LogP contribution in [0.5, 0.6) is 5.75 Å². The maximum Gasteiger partial charge on any atom is 0.115 e. The van der Waals surface area contributed by atoms with Crippen molar-refractivity contribution in [1.82, 2.24) is 4.90 Å². The fourth-order valence-corrected chi connectivity index (χ4v) is 3.48. The molecule has 1 aromatic rings. The molecular formula is C20H30N2O2. The minimum absolute atomic E-state index is 0.151. The van der Waals surface area contributed by atoms with Crippen molar-refractivity contribution >= 4 is 0 Å². The molecule has 4 nitrogen and oxygen atoms in total. The first-order chi connectivity index (χ1) is 11.4. The van der Waals surface area contributed by atoms with E-state index in [4.69, 9.17) is 0 Å². The Kier molecular flexibility index (Phi) is 6.65. The van der Waals surface area contributed by atoms with E-state index in [1.165, 1.54) is 0 Å². The molecule has 1 aliphatic rings. The zero-order valence-electron chi connectivity index (χ0n) is 14.9. The molecule has 0 bridgehead atoms. The number of benzene rings is 1. The fraction of sp³-hybridized carbons (Fsp3) is 0.650. The lowest BCUT2D eigenvalue weighted by molar-refractivity contribution is 0.0684. The van der Waals surface area contributed by atoms with Crippen LogP contribution in [0.25, 0.3) is 0 Å². The maximum atomic E-state index is 9.76. The Balaban J connectivity index is 1.99. The molecule has 132 valence electrons. The molecule has 0 radical (unpaired) electrons. The molecule has 0 atom stereocenters. The summed E-state index contributed by atoms with van der Waals surface area (Å²) in [4.78, 5) is 2.47. The summed E-state index contributed by atoms with van der Waals surface area (Å²) in [5.74, 6) is 0.303. The van der Waals surface area contributed by atoms with E-state index in [1.54, 1.807) is 6.07 Å². The second kappa shape index (κ2) is 8.50. The number of aliphatic hydroxyl groups is 1. The van der Waals surface area contributed by atoms with Gasteiger partial charge >= 0.3 is 0 Å². The Labute approximate surface area is 145 Å². The number of nitrogens with zero attached hydrogens (tertiary/aromatic N) is 2. The number of aromatic hydroxyl groups is 1. The third-order valence-corrected chi connectivity index (χ3v) is 5.03. The zero-order chi connectivity index (χ0) is 17.6. The Morgan fingerprint density at radius 1 is 1.25 bits per heavy atom. The van der Waals surface area contributed by atoms with Crippen molar-refractivity contribution in [2.45, 2.75) is 71.1 Å². The largest absolute Gasteiger partial charge is 0.508 e. The topological polar surface area (TPSA) is 67.5 Å². The van der Waals surface area contributed by atoms with Crippen molar-refractivity contribution in [1.29, 1.82) is 5.26 Å². The highest BCUT2D eigenvalue weighted by molar-refractivity contribution is 5.27. The summed E-state index contributed by atoms with van der Waals surface area (Å²) in [5, 5.41) is 28.6. The monoisotopic (exact) mass is 330 g/mol. The molecule has 1 fully saturated rings. The predicted octanol–water partition coefficient (Wildman–Crippen LogP) is 3.83. The first-order valence-corrected chi connectivity index (χ1v) is 9.01. The van der Waals surface area contributed by atoms with Crippen molar-refractivity contribution in [3.63, 3.8) is 0 Å². The number of phenolic OH excluding ortho intramolecular Hbond substituents is 1. The highest BCUT2D eigenvalue weighted by atomic mass is 16.3. The summed E-state index contributed by atoms with van der Waals surface area (Å²) in [6, 6.07) is 10.3. The highest BCUT2D eigenvalue weighted by Gasteiger charge is 2.25. The minimum atomic E-state index is -0.278. The average molecular weight is 330 g/mol. The SMILES string of the molecule is CC(C)(C#N)CCCN(Cc1cccc(O)c1)C1CCC(O)CC1. The van der Waals surface area contributed by atoms with E-state index in [-0.39, 0.29) is 11.5 Å². The predicted molar refractivity (Wildman–Crippen MR) is 95.4 cm³/mol. The minimum Gasteiger partial charge on any atom is -0.508 e. The van der Waals surface area contributed by atoms with E-state index >= 15 is 0 Å². The van der Waals surface area contributed by atoms with Gasteiger partial charge in [-0.2, -0.15) is 5.26 Å². The van der Waals surface area contributed by atoms with E-state index in [9.17, 15) is 15.5 Å². The van der Waals surface area contributed by atoms with Gasteiger partial charge in [0.15, 0.2) is 0 Å². The number of aliphatic hydroxyl groups excluding tert-OH is 1. The van der Waals surface area contributed by atoms with Gasteiger partial charge in [0.25, 0.3) is 0 Å². The molecule has 1 aliphatic carbocycles. The van der Waals surface area contributed by atoms with Crippen LogP contribution in [0.2, 0.25) is 0 Å². The van der Waals surface area contributed by atoms with Crippen LogP contribution in [0, 0.1) is 16.7 Å². The van der Waals surface area contributed by atoms with E-state index in [0.717, 1.165) is 57.2 Å². The number of nitriles is 1. The number of hydrogen-bond donors (Lipinski definition) is 2. The third kappa shape index (κ3) is 5.81. The highest BCUT2D eigenvalue weighted by Crippen LogP contribution is 2.27. The van der Waals surface area contributed by atoms with Crippen molar-refractivity contribution in [2.75, 3.05) is 6.54 Å². The Hall–Kier alpha value is -1.57.